The summed E-state index contributed by atoms with van der Waals surface area (Å²) in [6.07, 6.45) is 11.7. The van der Waals surface area contributed by atoms with E-state index in [0.717, 1.165) is 12.8 Å². The van der Waals surface area contributed by atoms with Crippen LogP contribution in [0.4, 0.5) is 10.2 Å². The first kappa shape index (κ1) is 17.2. The van der Waals surface area contributed by atoms with Gasteiger partial charge in [-0.05, 0) is 12.3 Å². The Morgan fingerprint density at radius 1 is 1.38 bits per heavy atom. The first-order chi connectivity index (χ1) is 12.5. The molecule has 2 aromatic rings. The summed E-state index contributed by atoms with van der Waals surface area (Å²) in [6, 6.07) is 0. The van der Waals surface area contributed by atoms with Crippen LogP contribution in [-0.2, 0) is 4.74 Å². The number of rotatable bonds is 3. The zero-order chi connectivity index (χ0) is 18.3. The quantitative estimate of drug-likeness (QED) is 0.644. The van der Waals surface area contributed by atoms with Crippen LogP contribution in [-0.4, -0.2) is 36.3 Å². The Labute approximate surface area is 150 Å². The van der Waals surface area contributed by atoms with Gasteiger partial charge in [0.1, 0.15) is 6.23 Å². The van der Waals surface area contributed by atoms with Crippen molar-refractivity contribution < 1.29 is 14.2 Å². The molecule has 2 fully saturated rings. The summed E-state index contributed by atoms with van der Waals surface area (Å²) in [5.74, 6) is 3.11. The fourth-order valence-corrected chi connectivity index (χ4v) is 4.24. The summed E-state index contributed by atoms with van der Waals surface area (Å²) in [6.45, 7) is 0. The lowest BCUT2D eigenvalue weighted by Gasteiger charge is -2.32. The standard InChI is InChI=1S/C18H22FN5O2/c1-2-18(9-11-6-4-3-5-7-11)12(25)8-13(26-18)24-10-21-14-15(20)22-17(19)23-16(14)24/h1,10-13,25H,3-9H2,(H2,20,22,23)/t12-,13+,18-/m0/s1. The molecule has 0 spiro atoms. The zero-order valence-electron chi connectivity index (χ0n) is 14.4. The highest BCUT2D eigenvalue weighted by Crippen LogP contribution is 2.43. The number of aliphatic hydroxyl groups is 1. The number of nitrogen functional groups attached to an aromatic ring is 1. The largest absolute Gasteiger partial charge is 0.389 e. The highest BCUT2D eigenvalue weighted by Gasteiger charge is 2.49. The van der Waals surface area contributed by atoms with Crippen LogP contribution in [0, 0.1) is 24.3 Å². The van der Waals surface area contributed by atoms with Crippen LogP contribution in [0.15, 0.2) is 6.33 Å². The smallest absolute Gasteiger partial charge is 0.312 e. The predicted octanol–water partition coefficient (Wildman–Crippen LogP) is 2.17. The van der Waals surface area contributed by atoms with Gasteiger partial charge in [-0.15, -0.1) is 6.42 Å². The van der Waals surface area contributed by atoms with Crippen molar-refractivity contribution >= 4 is 17.0 Å². The molecule has 0 amide bonds. The molecular weight excluding hydrogens is 337 g/mol. The summed E-state index contributed by atoms with van der Waals surface area (Å²) in [7, 11) is 0. The summed E-state index contributed by atoms with van der Waals surface area (Å²) in [5.41, 5.74) is 5.20. The van der Waals surface area contributed by atoms with Gasteiger partial charge in [-0.2, -0.15) is 14.4 Å². The number of imidazole rings is 1. The van der Waals surface area contributed by atoms with E-state index < -0.39 is 24.0 Å². The maximum absolute atomic E-state index is 13.6. The Morgan fingerprint density at radius 3 is 2.88 bits per heavy atom. The molecule has 2 aliphatic rings. The number of aliphatic hydroxyl groups excluding tert-OH is 1. The van der Waals surface area contributed by atoms with Crippen molar-refractivity contribution in [2.24, 2.45) is 5.92 Å². The fourth-order valence-electron chi connectivity index (χ4n) is 4.24. The number of hydrogen-bond acceptors (Lipinski definition) is 6. The summed E-state index contributed by atoms with van der Waals surface area (Å²) in [5, 5.41) is 10.7. The van der Waals surface area contributed by atoms with Crippen LogP contribution in [0.1, 0.15) is 51.2 Å². The number of nitrogens with two attached hydrogens (primary N) is 1. The number of nitrogens with zero attached hydrogens (tertiary/aromatic N) is 4. The molecule has 0 unspecified atom stereocenters. The second kappa shape index (κ2) is 6.49. The molecule has 2 aromatic heterocycles. The molecule has 3 N–H and O–H groups in total. The topological polar surface area (TPSA) is 99.1 Å². The minimum atomic E-state index is -1.04. The van der Waals surface area contributed by atoms with Gasteiger partial charge >= 0.3 is 6.08 Å². The van der Waals surface area contributed by atoms with Crippen LogP contribution in [0.5, 0.6) is 0 Å². The average Bonchev–Trinajstić information content (AvgIpc) is 3.18. The first-order valence-corrected chi connectivity index (χ1v) is 9.01. The van der Waals surface area contributed by atoms with Gasteiger partial charge in [0.05, 0.1) is 12.4 Å². The lowest BCUT2D eigenvalue weighted by atomic mass is 9.79. The number of halogens is 1. The second-order valence-corrected chi connectivity index (χ2v) is 7.27. The highest BCUT2D eigenvalue weighted by molar-refractivity contribution is 5.81. The number of ether oxygens (including phenoxy) is 1. The third kappa shape index (κ3) is 2.81. The molecule has 138 valence electrons. The van der Waals surface area contributed by atoms with Gasteiger partial charge in [-0.25, -0.2) is 4.98 Å². The van der Waals surface area contributed by atoms with E-state index in [-0.39, 0.29) is 17.9 Å². The van der Waals surface area contributed by atoms with Crippen molar-refractivity contribution in [3.05, 3.63) is 12.4 Å². The Kier molecular flexibility index (Phi) is 4.29. The minimum absolute atomic E-state index is 0.0322. The van der Waals surface area contributed by atoms with Gasteiger partial charge in [-0.1, -0.05) is 38.0 Å². The summed E-state index contributed by atoms with van der Waals surface area (Å²) in [4.78, 5) is 11.4. The second-order valence-electron chi connectivity index (χ2n) is 7.27. The minimum Gasteiger partial charge on any atom is -0.389 e. The molecule has 1 aliphatic heterocycles. The molecule has 3 heterocycles. The summed E-state index contributed by atoms with van der Waals surface area (Å²) >= 11 is 0. The number of fused-ring (bicyclic) bond motifs is 1. The SMILES string of the molecule is C#C[C@@]1(CC2CCCCC2)O[C@@H](n2cnc3c(N)nc(F)nc32)C[C@@H]1O. The fraction of sp³-hybridized carbons (Fsp3) is 0.611. The third-order valence-electron chi connectivity index (χ3n) is 5.60. The van der Waals surface area contributed by atoms with Crippen LogP contribution in [0.25, 0.3) is 11.2 Å². The van der Waals surface area contributed by atoms with Crippen LogP contribution in [0.2, 0.25) is 0 Å². The van der Waals surface area contributed by atoms with Crippen molar-refractivity contribution in [2.75, 3.05) is 5.73 Å². The molecule has 1 saturated heterocycles. The van der Waals surface area contributed by atoms with Crippen molar-refractivity contribution in [3.8, 4) is 12.3 Å². The van der Waals surface area contributed by atoms with Crippen molar-refractivity contribution in [1.82, 2.24) is 19.5 Å². The first-order valence-electron chi connectivity index (χ1n) is 9.01. The van der Waals surface area contributed by atoms with E-state index in [9.17, 15) is 9.50 Å². The number of hydrogen-bond donors (Lipinski definition) is 2. The monoisotopic (exact) mass is 359 g/mol. The van der Waals surface area contributed by atoms with E-state index in [2.05, 4.69) is 20.9 Å². The molecule has 4 rings (SSSR count). The highest BCUT2D eigenvalue weighted by atomic mass is 19.1. The van der Waals surface area contributed by atoms with Gasteiger partial charge in [0.15, 0.2) is 22.6 Å². The molecule has 0 bridgehead atoms. The lowest BCUT2D eigenvalue weighted by molar-refractivity contribution is -0.0775. The van der Waals surface area contributed by atoms with Gasteiger partial charge < -0.3 is 15.6 Å². The molecular formula is C18H22FN5O2. The lowest BCUT2D eigenvalue weighted by Crippen LogP contribution is -2.40. The Balaban J connectivity index is 1.63. The van der Waals surface area contributed by atoms with Crippen LogP contribution >= 0.6 is 0 Å². The van der Waals surface area contributed by atoms with Crippen molar-refractivity contribution in [2.45, 2.75) is 62.9 Å². The van der Waals surface area contributed by atoms with Crippen LogP contribution in [0.3, 0.4) is 0 Å². The molecule has 0 aromatic carbocycles. The number of aromatic nitrogens is 4. The Morgan fingerprint density at radius 2 is 2.15 bits per heavy atom. The van der Waals surface area contributed by atoms with Gasteiger partial charge in [0.25, 0.3) is 0 Å². The van der Waals surface area contributed by atoms with Gasteiger partial charge in [0.2, 0.25) is 0 Å². The molecule has 3 atom stereocenters. The van der Waals surface area contributed by atoms with E-state index in [1.54, 1.807) is 4.57 Å². The van der Waals surface area contributed by atoms with E-state index in [4.69, 9.17) is 16.9 Å². The van der Waals surface area contributed by atoms with E-state index in [1.807, 2.05) is 0 Å². The number of anilines is 1. The van der Waals surface area contributed by atoms with Crippen molar-refractivity contribution in [3.63, 3.8) is 0 Å². The van der Waals surface area contributed by atoms with Crippen molar-refractivity contribution in [1.29, 1.82) is 0 Å². The molecule has 26 heavy (non-hydrogen) atoms. The Hall–Kier alpha value is -2.24. The van der Waals surface area contributed by atoms with Gasteiger partial charge in [-0.3, -0.25) is 4.57 Å². The third-order valence-corrected chi connectivity index (χ3v) is 5.60. The van der Waals surface area contributed by atoms with Gasteiger partial charge in [0, 0.05) is 6.42 Å². The predicted molar refractivity (Wildman–Crippen MR) is 93.2 cm³/mol. The molecule has 1 aliphatic carbocycles. The summed E-state index contributed by atoms with van der Waals surface area (Å²) < 4.78 is 21.3. The average molecular weight is 359 g/mol. The molecule has 1 saturated carbocycles. The molecule has 8 heteroatoms. The zero-order valence-corrected chi connectivity index (χ0v) is 14.4. The van der Waals surface area contributed by atoms with Crippen LogP contribution < -0.4 is 5.73 Å². The maximum Gasteiger partial charge on any atom is 0.312 e. The van der Waals surface area contributed by atoms with E-state index in [1.165, 1.54) is 25.6 Å². The maximum atomic E-state index is 13.6. The Bertz CT molecular complexity index is 857. The normalized spacial score (nSPS) is 29.9. The van der Waals surface area contributed by atoms with E-state index >= 15 is 0 Å². The number of terminal acetylenes is 1. The molecule has 0 radical (unpaired) electrons. The van der Waals surface area contributed by atoms with E-state index in [0.29, 0.717) is 17.9 Å². The molecule has 7 nitrogen and oxygen atoms in total.